The smallest absolute Gasteiger partial charge is 0.462 e. The standard InChI is InChI=1S/C43H79O13P/c1-3-5-7-9-11-13-15-17-18-20-22-24-26-28-30-32-37(45)55-35(34-54-57(51,52)56-43-41(49)39(47)38(46)40(48)42(43)50)33-53-36(44)31-29-27-25-23-21-19-16-14-12-10-8-6-4-2/h14,16-18,35,38-43,46-50H,3-13,15,19-34H2,1-2H3,(H,51,52)/b16-14-,18-17-. The molecule has 14 heteroatoms. The molecule has 0 aromatic heterocycles. The first kappa shape index (κ1) is 53.3. The normalized spacial score (nSPS) is 22.9. The SMILES string of the molecule is CCCCCC/C=C\CCCCCCCC(=O)OCC(COP(=O)(O)OC1C(O)C(O)C(O)C(O)C1O)OC(=O)CCCCCCC/C=C\CCCCCCCC. The lowest BCUT2D eigenvalue weighted by molar-refractivity contribution is -0.220. The molecule has 0 radical (unpaired) electrons. The highest BCUT2D eigenvalue weighted by Gasteiger charge is 2.51. The van der Waals surface area contributed by atoms with Crippen LogP contribution in [0.1, 0.15) is 181 Å². The molecular weight excluding hydrogens is 755 g/mol. The van der Waals surface area contributed by atoms with Gasteiger partial charge in [-0.25, -0.2) is 4.57 Å². The van der Waals surface area contributed by atoms with Crippen molar-refractivity contribution in [3.8, 4) is 0 Å². The van der Waals surface area contributed by atoms with Crippen LogP contribution in [0, 0.1) is 0 Å². The maximum atomic E-state index is 12.8. The van der Waals surface area contributed by atoms with Crippen LogP contribution in [-0.4, -0.2) is 98.3 Å². The zero-order chi connectivity index (χ0) is 42.2. The summed E-state index contributed by atoms with van der Waals surface area (Å²) in [6.07, 6.45) is 22.4. The second kappa shape index (κ2) is 34.1. The third kappa shape index (κ3) is 26.9. The molecule has 1 saturated carbocycles. The quantitative estimate of drug-likeness (QED) is 0.0153. The molecule has 0 aromatic rings. The molecule has 0 saturated heterocycles. The van der Waals surface area contributed by atoms with Gasteiger partial charge >= 0.3 is 19.8 Å². The largest absolute Gasteiger partial charge is 0.472 e. The molecule has 6 atom stereocenters. The van der Waals surface area contributed by atoms with Crippen LogP contribution in [0.3, 0.4) is 0 Å². The summed E-state index contributed by atoms with van der Waals surface area (Å²) in [7, 11) is -5.12. The van der Waals surface area contributed by atoms with Crippen molar-refractivity contribution in [3.63, 3.8) is 0 Å². The molecule has 1 aliphatic rings. The van der Waals surface area contributed by atoms with Gasteiger partial charge in [0.25, 0.3) is 0 Å². The summed E-state index contributed by atoms with van der Waals surface area (Å²) in [6.45, 7) is 3.25. The molecule has 6 N–H and O–H groups in total. The summed E-state index contributed by atoms with van der Waals surface area (Å²) in [5.41, 5.74) is 0. The van der Waals surface area contributed by atoms with E-state index in [4.69, 9.17) is 18.5 Å². The predicted molar refractivity (Wildman–Crippen MR) is 221 cm³/mol. The number of hydrogen-bond donors (Lipinski definition) is 6. The van der Waals surface area contributed by atoms with Gasteiger partial charge in [-0.05, 0) is 64.2 Å². The third-order valence-corrected chi connectivity index (χ3v) is 11.3. The van der Waals surface area contributed by atoms with Crippen LogP contribution >= 0.6 is 7.82 Å². The van der Waals surface area contributed by atoms with Crippen molar-refractivity contribution in [2.45, 2.75) is 224 Å². The summed E-state index contributed by atoms with van der Waals surface area (Å²) in [5.74, 6) is -1.12. The zero-order valence-electron chi connectivity index (χ0n) is 35.1. The molecule has 334 valence electrons. The first-order chi connectivity index (χ1) is 27.4. The van der Waals surface area contributed by atoms with E-state index in [0.29, 0.717) is 12.8 Å². The highest BCUT2D eigenvalue weighted by Crippen LogP contribution is 2.47. The van der Waals surface area contributed by atoms with Crippen LogP contribution in [-0.2, 0) is 32.7 Å². The Morgan fingerprint density at radius 1 is 0.526 bits per heavy atom. The maximum absolute atomic E-state index is 12.8. The van der Waals surface area contributed by atoms with Gasteiger partial charge in [0, 0.05) is 12.8 Å². The number of ether oxygens (including phenoxy) is 2. The van der Waals surface area contributed by atoms with Gasteiger partial charge in [0.2, 0.25) is 0 Å². The molecule has 0 bridgehead atoms. The van der Waals surface area contributed by atoms with Gasteiger partial charge in [-0.15, -0.1) is 0 Å². The number of carbonyl (C=O) groups excluding carboxylic acids is 2. The van der Waals surface area contributed by atoms with Crippen LogP contribution in [0.2, 0.25) is 0 Å². The maximum Gasteiger partial charge on any atom is 0.472 e. The number of phosphoric acid groups is 1. The van der Waals surface area contributed by atoms with E-state index in [1.165, 1.54) is 64.2 Å². The molecule has 0 aromatic carbocycles. The summed E-state index contributed by atoms with van der Waals surface area (Å²) >= 11 is 0. The second-order valence-corrected chi connectivity index (χ2v) is 16.9. The number of carbonyl (C=O) groups is 2. The molecule has 13 nitrogen and oxygen atoms in total. The van der Waals surface area contributed by atoms with Gasteiger partial charge in [0.1, 0.15) is 43.2 Å². The Kier molecular flexibility index (Phi) is 31.9. The average molecular weight is 835 g/mol. The highest BCUT2D eigenvalue weighted by atomic mass is 31.2. The summed E-state index contributed by atoms with van der Waals surface area (Å²) in [6, 6.07) is 0. The first-order valence-corrected chi connectivity index (χ1v) is 23.6. The topological polar surface area (TPSA) is 210 Å². The molecular formula is C43H79O13P. The number of rotatable bonds is 36. The zero-order valence-corrected chi connectivity index (χ0v) is 36.0. The number of phosphoric ester groups is 1. The first-order valence-electron chi connectivity index (χ1n) is 22.1. The average Bonchev–Trinajstić information content (AvgIpc) is 3.19. The molecule has 1 aliphatic carbocycles. The number of unbranched alkanes of at least 4 members (excludes halogenated alkanes) is 20. The van der Waals surface area contributed by atoms with Gasteiger partial charge in [-0.1, -0.05) is 128 Å². The lowest BCUT2D eigenvalue weighted by Crippen LogP contribution is -2.64. The number of aliphatic hydroxyl groups is 5. The van der Waals surface area contributed by atoms with E-state index in [1.807, 2.05) is 0 Å². The summed E-state index contributed by atoms with van der Waals surface area (Å²) < 4.78 is 33.4. The summed E-state index contributed by atoms with van der Waals surface area (Å²) in [4.78, 5) is 35.6. The van der Waals surface area contributed by atoms with Crippen LogP contribution in [0.4, 0.5) is 0 Å². The molecule has 0 heterocycles. The minimum Gasteiger partial charge on any atom is -0.462 e. The highest BCUT2D eigenvalue weighted by molar-refractivity contribution is 7.47. The van der Waals surface area contributed by atoms with Gasteiger partial charge < -0.3 is 39.9 Å². The minimum absolute atomic E-state index is 0.0865. The van der Waals surface area contributed by atoms with E-state index in [-0.39, 0.29) is 12.8 Å². The molecule has 6 unspecified atom stereocenters. The van der Waals surface area contributed by atoms with E-state index < -0.39 is 75.7 Å². The summed E-state index contributed by atoms with van der Waals surface area (Å²) in [5, 5.41) is 50.1. The molecule has 57 heavy (non-hydrogen) atoms. The van der Waals surface area contributed by atoms with Gasteiger partial charge in [0.15, 0.2) is 6.10 Å². The van der Waals surface area contributed by atoms with Crippen LogP contribution in [0.5, 0.6) is 0 Å². The van der Waals surface area contributed by atoms with Crippen molar-refractivity contribution < 1.29 is 63.1 Å². The fraction of sp³-hybridized carbons (Fsp3) is 0.860. The van der Waals surface area contributed by atoms with Crippen molar-refractivity contribution in [2.24, 2.45) is 0 Å². The van der Waals surface area contributed by atoms with Crippen molar-refractivity contribution in [3.05, 3.63) is 24.3 Å². The molecule has 0 amide bonds. The fourth-order valence-corrected chi connectivity index (χ4v) is 7.60. The Morgan fingerprint density at radius 2 is 0.895 bits per heavy atom. The molecule has 1 fully saturated rings. The fourth-order valence-electron chi connectivity index (χ4n) is 6.63. The number of hydrogen-bond acceptors (Lipinski definition) is 12. The van der Waals surface area contributed by atoms with Crippen molar-refractivity contribution in [1.82, 2.24) is 0 Å². The number of aliphatic hydroxyl groups excluding tert-OH is 5. The van der Waals surface area contributed by atoms with Crippen LogP contribution < -0.4 is 0 Å². The molecule has 1 rings (SSSR count). The number of esters is 2. The van der Waals surface area contributed by atoms with Crippen LogP contribution in [0.15, 0.2) is 24.3 Å². The molecule has 0 aliphatic heterocycles. The Bertz CT molecular complexity index is 1100. The third-order valence-electron chi connectivity index (χ3n) is 10.3. The monoisotopic (exact) mass is 835 g/mol. The van der Waals surface area contributed by atoms with Gasteiger partial charge in [-0.2, -0.15) is 0 Å². The Morgan fingerprint density at radius 3 is 1.35 bits per heavy atom. The van der Waals surface area contributed by atoms with Gasteiger partial charge in [0.05, 0.1) is 6.61 Å². The van der Waals surface area contributed by atoms with E-state index in [2.05, 4.69) is 38.2 Å². The van der Waals surface area contributed by atoms with Crippen molar-refractivity contribution in [2.75, 3.05) is 13.2 Å². The van der Waals surface area contributed by atoms with E-state index in [0.717, 1.165) is 77.0 Å². The van der Waals surface area contributed by atoms with Crippen molar-refractivity contribution >= 4 is 19.8 Å². The van der Waals surface area contributed by atoms with E-state index in [1.54, 1.807) is 0 Å². The van der Waals surface area contributed by atoms with E-state index >= 15 is 0 Å². The minimum atomic E-state index is -5.12. The van der Waals surface area contributed by atoms with E-state index in [9.17, 15) is 44.6 Å². The van der Waals surface area contributed by atoms with Crippen molar-refractivity contribution in [1.29, 1.82) is 0 Å². The lowest BCUT2D eigenvalue weighted by atomic mass is 9.85. The van der Waals surface area contributed by atoms with Gasteiger partial charge in [-0.3, -0.25) is 18.6 Å². The van der Waals surface area contributed by atoms with Crippen LogP contribution in [0.25, 0.3) is 0 Å². The second-order valence-electron chi connectivity index (χ2n) is 15.5. The Balaban J connectivity index is 2.50. The Hall–Kier alpha value is -1.67. The number of allylic oxidation sites excluding steroid dienone is 4. The predicted octanol–water partition coefficient (Wildman–Crippen LogP) is 8.06. The molecule has 0 spiro atoms. The lowest BCUT2D eigenvalue weighted by Gasteiger charge is -2.41. The Labute approximate surface area is 343 Å².